The van der Waals surface area contributed by atoms with Gasteiger partial charge in [0, 0.05) is 0 Å². The van der Waals surface area contributed by atoms with E-state index in [2.05, 4.69) is 13.8 Å². The van der Waals surface area contributed by atoms with E-state index in [-0.39, 0.29) is 17.3 Å². The molecule has 1 unspecified atom stereocenters. The molecule has 1 spiro atoms. The molecule has 3 heteroatoms. The van der Waals surface area contributed by atoms with E-state index in [0.29, 0.717) is 10.8 Å². The van der Waals surface area contributed by atoms with Crippen LogP contribution in [0.2, 0.25) is 0 Å². The lowest BCUT2D eigenvalue weighted by atomic mass is 9.39. The second kappa shape index (κ2) is 4.22. The van der Waals surface area contributed by atoms with Gasteiger partial charge in [0.15, 0.2) is 0 Å². The first-order valence-corrected chi connectivity index (χ1v) is 9.99. The van der Waals surface area contributed by atoms with Crippen LogP contribution in [0.3, 0.4) is 0 Å². The van der Waals surface area contributed by atoms with Crippen LogP contribution in [0.15, 0.2) is 0 Å². The number of esters is 1. The molecule has 0 heterocycles. The summed E-state index contributed by atoms with van der Waals surface area (Å²) in [6.07, 6.45) is 7.86. The molecule has 6 aliphatic carbocycles. The lowest BCUT2D eigenvalue weighted by Gasteiger charge is -2.65. The Morgan fingerprint density at radius 1 is 1.04 bits per heavy atom. The van der Waals surface area contributed by atoms with Crippen molar-refractivity contribution in [2.75, 3.05) is 7.11 Å². The number of methoxy groups -OCH3 is 1. The number of ether oxygens (including phenoxy) is 1. The van der Waals surface area contributed by atoms with E-state index in [1.807, 2.05) is 6.92 Å². The molecule has 0 aromatic rings. The van der Waals surface area contributed by atoms with Gasteiger partial charge < -0.3 is 9.84 Å². The van der Waals surface area contributed by atoms with Crippen molar-refractivity contribution in [3.8, 4) is 0 Å². The molecule has 6 fully saturated rings. The third-order valence-electron chi connectivity index (χ3n) is 10.2. The smallest absolute Gasteiger partial charge is 0.314 e. The van der Waals surface area contributed by atoms with Crippen LogP contribution in [0.1, 0.15) is 65.7 Å². The third-order valence-corrected chi connectivity index (χ3v) is 10.2. The van der Waals surface area contributed by atoms with Gasteiger partial charge in [-0.2, -0.15) is 0 Å². The second-order valence-electron chi connectivity index (χ2n) is 10.7. The van der Waals surface area contributed by atoms with Crippen LogP contribution in [0.5, 0.6) is 0 Å². The molecule has 6 saturated carbocycles. The summed E-state index contributed by atoms with van der Waals surface area (Å²) in [5.41, 5.74) is 0.657. The maximum atomic E-state index is 12.7. The molecule has 0 aliphatic heterocycles. The van der Waals surface area contributed by atoms with Gasteiger partial charge >= 0.3 is 5.97 Å². The van der Waals surface area contributed by atoms with Crippen molar-refractivity contribution in [1.82, 2.24) is 0 Å². The molecular weight excluding hydrogens is 300 g/mol. The Labute approximate surface area is 145 Å². The average molecular weight is 332 g/mol. The number of hydrogen-bond acceptors (Lipinski definition) is 3. The maximum Gasteiger partial charge on any atom is 0.314 e. The fourth-order valence-electron chi connectivity index (χ4n) is 9.02. The second-order valence-corrected chi connectivity index (χ2v) is 10.7. The summed E-state index contributed by atoms with van der Waals surface area (Å²) in [5.74, 6) is 2.75. The van der Waals surface area contributed by atoms with E-state index >= 15 is 0 Å². The molecule has 0 amide bonds. The zero-order valence-electron chi connectivity index (χ0n) is 15.6. The van der Waals surface area contributed by atoms with E-state index in [0.717, 1.165) is 37.0 Å². The highest BCUT2D eigenvalue weighted by Gasteiger charge is 2.79. The lowest BCUT2D eigenvalue weighted by molar-refractivity contribution is -0.211. The van der Waals surface area contributed by atoms with Gasteiger partial charge in [0.2, 0.25) is 0 Å². The van der Waals surface area contributed by atoms with Crippen LogP contribution in [-0.2, 0) is 9.53 Å². The van der Waals surface area contributed by atoms with E-state index in [4.69, 9.17) is 4.74 Å². The van der Waals surface area contributed by atoms with Gasteiger partial charge in [-0.3, -0.25) is 4.79 Å². The minimum Gasteiger partial charge on any atom is -0.469 e. The summed E-state index contributed by atoms with van der Waals surface area (Å²) in [4.78, 5) is 12.7. The highest BCUT2D eigenvalue weighted by Crippen LogP contribution is 2.85. The van der Waals surface area contributed by atoms with Gasteiger partial charge in [0.25, 0.3) is 0 Å². The Bertz CT molecular complexity index is 616. The van der Waals surface area contributed by atoms with Crippen LogP contribution in [0.25, 0.3) is 0 Å². The fraction of sp³-hybridized carbons (Fsp3) is 0.952. The minimum absolute atomic E-state index is 0.190. The molecule has 0 saturated heterocycles. The molecule has 4 bridgehead atoms. The first kappa shape index (κ1) is 15.7. The highest BCUT2D eigenvalue weighted by atomic mass is 16.5. The van der Waals surface area contributed by atoms with E-state index < -0.39 is 11.5 Å². The Kier molecular flexibility index (Phi) is 2.75. The summed E-state index contributed by atoms with van der Waals surface area (Å²) in [5, 5.41) is 10.8. The number of carbonyl (C=O) groups is 1. The standard InChI is InChI=1S/C21H32O3/c1-18-7-6-16(22)20(3,17(23)24-4)14(18)5-8-21-10-13-12(9-15(18)21)19(13,2)11-21/h12-16,22H,5-11H2,1-4H3/t12-,13?,14+,15+,16-,18-,19-,20-,21+/m1/s1. The van der Waals surface area contributed by atoms with Crippen LogP contribution >= 0.6 is 0 Å². The van der Waals surface area contributed by atoms with E-state index in [1.54, 1.807) is 0 Å². The summed E-state index contributed by atoms with van der Waals surface area (Å²) < 4.78 is 5.17. The van der Waals surface area contributed by atoms with E-state index in [9.17, 15) is 9.90 Å². The highest BCUT2D eigenvalue weighted by molar-refractivity contribution is 5.78. The quantitative estimate of drug-likeness (QED) is 0.743. The van der Waals surface area contributed by atoms with Crippen molar-refractivity contribution in [3.05, 3.63) is 0 Å². The maximum absolute atomic E-state index is 12.7. The molecular formula is C21H32O3. The molecule has 1 N–H and O–H groups in total. The Hall–Kier alpha value is -0.570. The van der Waals surface area contributed by atoms with Crippen LogP contribution in [0.4, 0.5) is 0 Å². The average Bonchev–Trinajstić information content (AvgIpc) is 3.01. The number of hydrogen-bond donors (Lipinski definition) is 1. The van der Waals surface area contributed by atoms with Gasteiger partial charge in [-0.25, -0.2) is 0 Å². The molecule has 0 radical (unpaired) electrons. The summed E-state index contributed by atoms with van der Waals surface area (Å²) in [6, 6.07) is 0. The molecule has 6 aliphatic rings. The van der Waals surface area contributed by atoms with Crippen molar-refractivity contribution in [1.29, 1.82) is 0 Å². The number of fused-ring (bicyclic) bond motifs is 1. The van der Waals surface area contributed by atoms with Crippen molar-refractivity contribution in [2.45, 2.75) is 71.8 Å². The number of aliphatic hydroxyl groups excluding tert-OH is 1. The molecule has 0 aromatic heterocycles. The summed E-state index contributed by atoms with van der Waals surface area (Å²) >= 11 is 0. The topological polar surface area (TPSA) is 46.5 Å². The lowest BCUT2D eigenvalue weighted by Crippen LogP contribution is -2.63. The largest absolute Gasteiger partial charge is 0.469 e. The van der Waals surface area contributed by atoms with Crippen molar-refractivity contribution >= 4 is 5.97 Å². The Morgan fingerprint density at radius 2 is 1.79 bits per heavy atom. The van der Waals surface area contributed by atoms with Gasteiger partial charge in [0.05, 0.1) is 18.6 Å². The zero-order valence-corrected chi connectivity index (χ0v) is 15.6. The monoisotopic (exact) mass is 332 g/mol. The zero-order chi connectivity index (χ0) is 17.1. The summed E-state index contributed by atoms with van der Waals surface area (Å²) in [6.45, 7) is 6.97. The predicted octanol–water partition coefficient (Wildman–Crippen LogP) is 3.79. The molecule has 9 atom stereocenters. The van der Waals surface area contributed by atoms with Gasteiger partial charge in [-0.05, 0) is 91.8 Å². The van der Waals surface area contributed by atoms with Crippen molar-refractivity contribution in [3.63, 3.8) is 0 Å². The first-order valence-electron chi connectivity index (χ1n) is 9.99. The third kappa shape index (κ3) is 1.45. The molecule has 24 heavy (non-hydrogen) atoms. The number of rotatable bonds is 1. The normalized spacial score (nSPS) is 63.3. The van der Waals surface area contributed by atoms with E-state index in [1.165, 1.54) is 32.8 Å². The minimum atomic E-state index is -0.725. The first-order chi connectivity index (χ1) is 11.2. The SMILES string of the molecule is COC(=O)[C@@]1(C)[C@H](O)CC[C@@]2(C)[C@@H]3C[C@@H]4C5C[C@@]3(CC[C@@H]21)C[C@@]54C. The van der Waals surface area contributed by atoms with Gasteiger partial charge in [-0.1, -0.05) is 13.8 Å². The van der Waals surface area contributed by atoms with Crippen LogP contribution in [0, 0.1) is 45.3 Å². The molecule has 0 aromatic carbocycles. The number of carbonyl (C=O) groups excluding carboxylic acids is 1. The summed E-state index contributed by atoms with van der Waals surface area (Å²) in [7, 11) is 1.48. The molecule has 134 valence electrons. The van der Waals surface area contributed by atoms with Gasteiger partial charge in [-0.15, -0.1) is 0 Å². The number of aliphatic hydroxyl groups is 1. The Balaban J connectivity index is 1.55. The molecule has 6 rings (SSSR count). The molecule has 3 nitrogen and oxygen atoms in total. The van der Waals surface area contributed by atoms with Crippen molar-refractivity contribution in [2.24, 2.45) is 45.3 Å². The fourth-order valence-corrected chi connectivity index (χ4v) is 9.02. The van der Waals surface area contributed by atoms with Crippen LogP contribution < -0.4 is 0 Å². The predicted molar refractivity (Wildman–Crippen MR) is 91.1 cm³/mol. The Morgan fingerprint density at radius 3 is 2.42 bits per heavy atom. The van der Waals surface area contributed by atoms with Gasteiger partial charge in [0.1, 0.15) is 0 Å². The van der Waals surface area contributed by atoms with Crippen molar-refractivity contribution < 1.29 is 14.6 Å². The van der Waals surface area contributed by atoms with Crippen LogP contribution in [-0.4, -0.2) is 24.3 Å².